The second-order valence-corrected chi connectivity index (χ2v) is 6.98. The number of halogens is 2. The Kier molecular flexibility index (Phi) is 5.20. The quantitative estimate of drug-likeness (QED) is 0.756. The first kappa shape index (κ1) is 17.0. The number of hydrogen-bond acceptors (Lipinski definition) is 1. The predicted octanol–water partition coefficient (Wildman–Crippen LogP) is 5.70. The molecule has 24 heavy (non-hydrogen) atoms. The molecule has 0 saturated heterocycles. The molecule has 2 nitrogen and oxygen atoms in total. The highest BCUT2D eigenvalue weighted by molar-refractivity contribution is 6.30. The summed E-state index contributed by atoms with van der Waals surface area (Å²) >= 11 is 5.87. The third-order valence-electron chi connectivity index (χ3n) is 4.74. The summed E-state index contributed by atoms with van der Waals surface area (Å²) in [6.07, 6.45) is 4.09. The number of rotatable bonds is 4. The zero-order chi connectivity index (χ0) is 17.1. The molecule has 1 unspecified atom stereocenters. The molecular weight excluding hydrogens is 325 g/mol. The van der Waals surface area contributed by atoms with Crippen molar-refractivity contribution in [1.29, 1.82) is 0 Å². The Balaban J connectivity index is 1.90. The van der Waals surface area contributed by atoms with Crippen LogP contribution in [0.3, 0.4) is 0 Å². The van der Waals surface area contributed by atoms with Crippen molar-refractivity contribution in [2.75, 3.05) is 5.32 Å². The molecule has 1 amide bonds. The summed E-state index contributed by atoms with van der Waals surface area (Å²) in [7, 11) is 0. The van der Waals surface area contributed by atoms with Gasteiger partial charge in [0.15, 0.2) is 0 Å². The van der Waals surface area contributed by atoms with E-state index in [2.05, 4.69) is 5.32 Å². The Labute approximate surface area is 147 Å². The molecule has 4 heteroatoms. The van der Waals surface area contributed by atoms with Gasteiger partial charge in [-0.05, 0) is 55.5 Å². The van der Waals surface area contributed by atoms with Gasteiger partial charge in [-0.1, -0.05) is 42.6 Å². The highest BCUT2D eigenvalue weighted by Gasteiger charge is 2.33. The van der Waals surface area contributed by atoms with Crippen LogP contribution >= 0.6 is 11.6 Å². The van der Waals surface area contributed by atoms with Crippen molar-refractivity contribution in [3.8, 4) is 0 Å². The molecule has 0 aromatic heterocycles. The average molecular weight is 346 g/mol. The summed E-state index contributed by atoms with van der Waals surface area (Å²) in [6, 6.07) is 12.2. The maximum Gasteiger partial charge on any atom is 0.232 e. The molecule has 2 aromatic rings. The number of benzene rings is 2. The third kappa shape index (κ3) is 3.78. The van der Waals surface area contributed by atoms with Gasteiger partial charge in [-0.15, -0.1) is 0 Å². The molecule has 0 bridgehead atoms. The van der Waals surface area contributed by atoms with Crippen molar-refractivity contribution in [2.24, 2.45) is 5.92 Å². The van der Waals surface area contributed by atoms with Crippen molar-refractivity contribution in [1.82, 2.24) is 0 Å². The molecule has 1 aliphatic carbocycles. The maximum atomic E-state index is 14.5. The van der Waals surface area contributed by atoms with E-state index in [1.165, 1.54) is 6.07 Å². The van der Waals surface area contributed by atoms with Gasteiger partial charge >= 0.3 is 0 Å². The van der Waals surface area contributed by atoms with Crippen LogP contribution in [0.2, 0.25) is 5.02 Å². The molecule has 0 heterocycles. The molecule has 2 aromatic carbocycles. The van der Waals surface area contributed by atoms with Crippen LogP contribution < -0.4 is 5.32 Å². The second-order valence-electron chi connectivity index (χ2n) is 6.55. The largest absolute Gasteiger partial charge is 0.326 e. The summed E-state index contributed by atoms with van der Waals surface area (Å²) in [4.78, 5) is 12.9. The Bertz CT molecular complexity index is 740. The lowest BCUT2D eigenvalue weighted by Gasteiger charge is -2.24. The summed E-state index contributed by atoms with van der Waals surface area (Å²) in [5.74, 6) is -0.858. The first-order valence-corrected chi connectivity index (χ1v) is 8.75. The molecule has 1 fully saturated rings. The zero-order valence-electron chi connectivity index (χ0n) is 13.7. The van der Waals surface area contributed by atoms with Gasteiger partial charge in [0, 0.05) is 16.3 Å². The van der Waals surface area contributed by atoms with Gasteiger partial charge in [0.2, 0.25) is 5.91 Å². The van der Waals surface area contributed by atoms with Crippen LogP contribution in [0.5, 0.6) is 0 Å². The molecule has 1 atom stereocenters. The molecule has 1 N–H and O–H groups in total. The number of aryl methyl sites for hydroxylation is 1. The van der Waals surface area contributed by atoms with Crippen molar-refractivity contribution < 1.29 is 9.18 Å². The molecule has 1 saturated carbocycles. The molecular formula is C20H21ClFNO. The van der Waals surface area contributed by atoms with Crippen molar-refractivity contribution in [2.45, 2.75) is 38.5 Å². The van der Waals surface area contributed by atoms with Gasteiger partial charge in [-0.3, -0.25) is 4.79 Å². The van der Waals surface area contributed by atoms with Crippen LogP contribution in [-0.2, 0) is 4.79 Å². The fraction of sp³-hybridized carbons (Fsp3) is 0.350. The van der Waals surface area contributed by atoms with E-state index in [0.29, 0.717) is 10.6 Å². The van der Waals surface area contributed by atoms with E-state index in [1.807, 2.05) is 31.2 Å². The van der Waals surface area contributed by atoms with E-state index in [1.54, 1.807) is 12.1 Å². The Morgan fingerprint density at radius 2 is 1.96 bits per heavy atom. The van der Waals surface area contributed by atoms with E-state index in [4.69, 9.17) is 11.6 Å². The van der Waals surface area contributed by atoms with Crippen LogP contribution in [0, 0.1) is 18.7 Å². The maximum absolute atomic E-state index is 14.5. The fourth-order valence-electron chi connectivity index (χ4n) is 3.60. The van der Waals surface area contributed by atoms with E-state index in [-0.39, 0.29) is 11.8 Å². The highest BCUT2D eigenvalue weighted by Crippen LogP contribution is 2.39. The number of anilines is 1. The monoisotopic (exact) mass is 345 g/mol. The first-order valence-electron chi connectivity index (χ1n) is 8.37. The minimum Gasteiger partial charge on any atom is -0.326 e. The highest BCUT2D eigenvalue weighted by atomic mass is 35.5. The fourth-order valence-corrected chi connectivity index (χ4v) is 3.76. The van der Waals surface area contributed by atoms with Gasteiger partial charge < -0.3 is 5.32 Å². The van der Waals surface area contributed by atoms with Crippen molar-refractivity contribution in [3.05, 3.63) is 64.4 Å². The molecule has 0 radical (unpaired) electrons. The smallest absolute Gasteiger partial charge is 0.232 e. The lowest BCUT2D eigenvalue weighted by molar-refractivity contribution is -0.118. The predicted molar refractivity (Wildman–Crippen MR) is 95.9 cm³/mol. The van der Waals surface area contributed by atoms with Crippen molar-refractivity contribution in [3.63, 3.8) is 0 Å². The third-order valence-corrected chi connectivity index (χ3v) is 4.97. The lowest BCUT2D eigenvalue weighted by Crippen LogP contribution is -2.27. The summed E-state index contributed by atoms with van der Waals surface area (Å²) in [5.41, 5.74) is 2.26. The topological polar surface area (TPSA) is 29.1 Å². The zero-order valence-corrected chi connectivity index (χ0v) is 14.4. The summed E-state index contributed by atoms with van der Waals surface area (Å²) in [6.45, 7) is 1.98. The normalized spacial score (nSPS) is 16.1. The number of nitrogens with one attached hydrogen (secondary N) is 1. The summed E-state index contributed by atoms with van der Waals surface area (Å²) in [5, 5.41) is 3.31. The van der Waals surface area contributed by atoms with Crippen LogP contribution in [0.25, 0.3) is 0 Å². The molecule has 1 aliphatic rings. The van der Waals surface area contributed by atoms with Gasteiger partial charge in [0.05, 0.1) is 5.92 Å². The lowest BCUT2D eigenvalue weighted by atomic mass is 9.83. The number of hydrogen-bond donors (Lipinski definition) is 1. The van der Waals surface area contributed by atoms with Gasteiger partial charge in [0.1, 0.15) is 5.82 Å². The van der Waals surface area contributed by atoms with Crippen LogP contribution in [0.4, 0.5) is 10.1 Å². The molecule has 0 aliphatic heterocycles. The van der Waals surface area contributed by atoms with Crippen LogP contribution in [-0.4, -0.2) is 5.91 Å². The van der Waals surface area contributed by atoms with Gasteiger partial charge in [0.25, 0.3) is 0 Å². The van der Waals surface area contributed by atoms with Crippen molar-refractivity contribution >= 4 is 23.2 Å². The Morgan fingerprint density at radius 1 is 1.21 bits per heavy atom. The van der Waals surface area contributed by atoms with Crippen LogP contribution in [0.15, 0.2) is 42.5 Å². The molecule has 0 spiro atoms. The minimum absolute atomic E-state index is 0.145. The first-order chi connectivity index (χ1) is 11.5. The second kappa shape index (κ2) is 7.35. The average Bonchev–Trinajstić information content (AvgIpc) is 3.04. The Morgan fingerprint density at radius 3 is 2.62 bits per heavy atom. The standard InChI is InChI=1S/C20H21ClFNO/c1-13-5-4-8-16(11-13)23-20(24)19(14-6-2-3-7-14)17-10-9-15(21)12-18(17)22/h4-5,8-12,14,19H,2-3,6-7H2,1H3,(H,23,24). The van der Waals surface area contributed by atoms with Gasteiger partial charge in [-0.25, -0.2) is 4.39 Å². The van der Waals surface area contributed by atoms with E-state index >= 15 is 0 Å². The van der Waals surface area contributed by atoms with Gasteiger partial charge in [-0.2, -0.15) is 0 Å². The van der Waals surface area contributed by atoms with Crippen LogP contribution in [0.1, 0.15) is 42.7 Å². The van der Waals surface area contributed by atoms with E-state index in [0.717, 1.165) is 36.9 Å². The van der Waals surface area contributed by atoms with E-state index < -0.39 is 11.7 Å². The molecule has 3 rings (SSSR count). The number of amides is 1. The SMILES string of the molecule is Cc1cccc(NC(=O)C(c2ccc(Cl)cc2F)C2CCCC2)c1. The Hall–Kier alpha value is -1.87. The number of carbonyl (C=O) groups is 1. The number of carbonyl (C=O) groups excluding carboxylic acids is 1. The minimum atomic E-state index is -0.481. The molecule has 126 valence electrons. The van der Waals surface area contributed by atoms with E-state index in [9.17, 15) is 9.18 Å². The summed E-state index contributed by atoms with van der Waals surface area (Å²) < 4.78 is 14.5.